The van der Waals surface area contributed by atoms with Gasteiger partial charge >= 0.3 is 0 Å². The Labute approximate surface area is 72.6 Å². The van der Waals surface area contributed by atoms with Crippen LogP contribution < -0.4 is 10.5 Å². The second-order valence-corrected chi connectivity index (χ2v) is 2.99. The fraction of sp³-hybridized carbons (Fsp3) is 0.444. The molecule has 0 amide bonds. The molecule has 0 saturated carbocycles. The maximum absolute atomic E-state index is 5.61. The van der Waals surface area contributed by atoms with Crippen LogP contribution in [0.1, 0.15) is 25.5 Å². The van der Waals surface area contributed by atoms with Crippen LogP contribution in [0.4, 0.5) is 5.69 Å². The Morgan fingerprint density at radius 3 is 2.58 bits per heavy atom. The number of aromatic nitrogens is 1. The first kappa shape index (κ1) is 8.84. The minimum atomic E-state index is 0.402. The quantitative estimate of drug-likeness (QED) is 0.728. The van der Waals surface area contributed by atoms with Crippen LogP contribution in [0, 0.1) is 0 Å². The fourth-order valence-corrected chi connectivity index (χ4v) is 0.951. The summed E-state index contributed by atoms with van der Waals surface area (Å²) < 4.78 is 5.00. The van der Waals surface area contributed by atoms with Crippen molar-refractivity contribution in [1.29, 1.82) is 0 Å². The summed E-state index contributed by atoms with van der Waals surface area (Å²) in [6.07, 6.45) is 0. The van der Waals surface area contributed by atoms with E-state index in [-0.39, 0.29) is 0 Å². The first-order valence-corrected chi connectivity index (χ1v) is 3.95. The van der Waals surface area contributed by atoms with Crippen LogP contribution in [0.5, 0.6) is 5.88 Å². The molecule has 66 valence electrons. The average molecular weight is 166 g/mol. The van der Waals surface area contributed by atoms with Crippen LogP contribution in [0.25, 0.3) is 0 Å². The zero-order valence-corrected chi connectivity index (χ0v) is 7.66. The van der Waals surface area contributed by atoms with Gasteiger partial charge in [0.2, 0.25) is 5.88 Å². The van der Waals surface area contributed by atoms with Gasteiger partial charge in [-0.15, -0.1) is 0 Å². The average Bonchev–Trinajstić information content (AvgIpc) is 2.05. The van der Waals surface area contributed by atoms with Gasteiger partial charge in [0, 0.05) is 5.69 Å². The number of hydrogen-bond acceptors (Lipinski definition) is 3. The van der Waals surface area contributed by atoms with Crippen molar-refractivity contribution < 1.29 is 4.74 Å². The first-order valence-electron chi connectivity index (χ1n) is 3.95. The van der Waals surface area contributed by atoms with E-state index in [1.807, 2.05) is 12.1 Å². The number of nitrogens with two attached hydrogens (primary N) is 1. The van der Waals surface area contributed by atoms with E-state index in [0.29, 0.717) is 17.5 Å². The summed E-state index contributed by atoms with van der Waals surface area (Å²) in [7, 11) is 1.57. The molecule has 0 saturated heterocycles. The molecule has 0 bridgehead atoms. The Hall–Kier alpha value is -1.25. The predicted octanol–water partition coefficient (Wildman–Crippen LogP) is 1.80. The summed E-state index contributed by atoms with van der Waals surface area (Å²) in [6.45, 7) is 4.16. The number of ether oxygens (including phenoxy) is 1. The molecule has 1 aromatic heterocycles. The molecule has 0 aliphatic carbocycles. The second-order valence-electron chi connectivity index (χ2n) is 2.99. The summed E-state index contributed by atoms with van der Waals surface area (Å²) in [5.41, 5.74) is 7.20. The van der Waals surface area contributed by atoms with Gasteiger partial charge < -0.3 is 10.5 Å². The van der Waals surface area contributed by atoms with Crippen LogP contribution in [0.2, 0.25) is 0 Å². The fourth-order valence-electron chi connectivity index (χ4n) is 0.951. The van der Waals surface area contributed by atoms with Crippen molar-refractivity contribution in [2.45, 2.75) is 19.8 Å². The van der Waals surface area contributed by atoms with E-state index in [0.717, 1.165) is 5.69 Å². The standard InChI is InChI=1S/C9H14N2O/c1-6(2)8-5-4-7(10)9(11-8)12-3/h4-6H,10H2,1-3H3. The molecule has 2 N–H and O–H groups in total. The molecule has 0 radical (unpaired) electrons. The van der Waals surface area contributed by atoms with Crippen LogP contribution in [0.15, 0.2) is 12.1 Å². The number of rotatable bonds is 2. The van der Waals surface area contributed by atoms with Gasteiger partial charge in [0.15, 0.2) is 0 Å². The van der Waals surface area contributed by atoms with E-state index in [1.54, 1.807) is 7.11 Å². The zero-order chi connectivity index (χ0) is 9.14. The normalized spacial score (nSPS) is 10.3. The van der Waals surface area contributed by atoms with E-state index < -0.39 is 0 Å². The Kier molecular flexibility index (Phi) is 2.53. The van der Waals surface area contributed by atoms with Crippen molar-refractivity contribution >= 4 is 5.69 Å². The van der Waals surface area contributed by atoms with Crippen molar-refractivity contribution in [3.63, 3.8) is 0 Å². The maximum atomic E-state index is 5.61. The Morgan fingerprint density at radius 1 is 1.42 bits per heavy atom. The van der Waals surface area contributed by atoms with Gasteiger partial charge in [-0.1, -0.05) is 13.8 Å². The molecule has 1 rings (SSSR count). The smallest absolute Gasteiger partial charge is 0.237 e. The number of nitrogens with zero attached hydrogens (tertiary/aromatic N) is 1. The van der Waals surface area contributed by atoms with Gasteiger partial charge in [-0.2, -0.15) is 0 Å². The minimum Gasteiger partial charge on any atom is -0.480 e. The number of hydrogen-bond donors (Lipinski definition) is 1. The summed E-state index contributed by atoms with van der Waals surface area (Å²) in [5, 5.41) is 0. The minimum absolute atomic E-state index is 0.402. The van der Waals surface area contributed by atoms with E-state index in [4.69, 9.17) is 10.5 Å². The summed E-state index contributed by atoms with van der Waals surface area (Å²) in [6, 6.07) is 3.74. The largest absolute Gasteiger partial charge is 0.480 e. The van der Waals surface area contributed by atoms with Gasteiger partial charge in [0.1, 0.15) is 0 Å². The molecule has 3 heteroatoms. The molecule has 0 aromatic carbocycles. The third-order valence-electron chi connectivity index (χ3n) is 1.70. The van der Waals surface area contributed by atoms with Crippen LogP contribution >= 0.6 is 0 Å². The zero-order valence-electron chi connectivity index (χ0n) is 7.66. The maximum Gasteiger partial charge on any atom is 0.237 e. The van der Waals surface area contributed by atoms with Crippen molar-refractivity contribution in [3.05, 3.63) is 17.8 Å². The Balaban J connectivity index is 3.05. The van der Waals surface area contributed by atoms with Crippen molar-refractivity contribution in [1.82, 2.24) is 4.98 Å². The third-order valence-corrected chi connectivity index (χ3v) is 1.70. The molecule has 0 aliphatic heterocycles. The van der Waals surface area contributed by atoms with Crippen molar-refractivity contribution in [3.8, 4) is 5.88 Å². The highest BCUT2D eigenvalue weighted by molar-refractivity contribution is 5.48. The molecule has 0 spiro atoms. The van der Waals surface area contributed by atoms with Gasteiger partial charge in [-0.3, -0.25) is 0 Å². The number of methoxy groups -OCH3 is 1. The highest BCUT2D eigenvalue weighted by atomic mass is 16.5. The number of pyridine rings is 1. The first-order chi connectivity index (χ1) is 5.65. The molecule has 0 fully saturated rings. The van der Waals surface area contributed by atoms with Gasteiger partial charge in [-0.25, -0.2) is 4.98 Å². The summed E-state index contributed by atoms with van der Waals surface area (Å²) in [4.78, 5) is 4.24. The molecule has 1 heterocycles. The molecule has 1 aromatic rings. The van der Waals surface area contributed by atoms with Gasteiger partial charge in [0.25, 0.3) is 0 Å². The molecule has 0 atom stereocenters. The lowest BCUT2D eigenvalue weighted by molar-refractivity contribution is 0.398. The monoisotopic (exact) mass is 166 g/mol. The van der Waals surface area contributed by atoms with E-state index in [9.17, 15) is 0 Å². The van der Waals surface area contributed by atoms with Gasteiger partial charge in [0.05, 0.1) is 12.8 Å². The molecule has 0 aliphatic rings. The number of anilines is 1. The molecule has 3 nitrogen and oxygen atoms in total. The lowest BCUT2D eigenvalue weighted by Gasteiger charge is -2.07. The lowest BCUT2D eigenvalue weighted by Crippen LogP contribution is -1.99. The van der Waals surface area contributed by atoms with Crippen LogP contribution in [0.3, 0.4) is 0 Å². The molecular weight excluding hydrogens is 152 g/mol. The third kappa shape index (κ3) is 1.67. The molecule has 0 unspecified atom stereocenters. The summed E-state index contributed by atoms with van der Waals surface area (Å²) >= 11 is 0. The lowest BCUT2D eigenvalue weighted by atomic mass is 10.1. The molecular formula is C9H14N2O. The highest BCUT2D eigenvalue weighted by Gasteiger charge is 2.05. The van der Waals surface area contributed by atoms with E-state index >= 15 is 0 Å². The second kappa shape index (κ2) is 3.43. The predicted molar refractivity (Wildman–Crippen MR) is 49.3 cm³/mol. The van der Waals surface area contributed by atoms with Crippen molar-refractivity contribution in [2.24, 2.45) is 0 Å². The van der Waals surface area contributed by atoms with Crippen LogP contribution in [-0.4, -0.2) is 12.1 Å². The summed E-state index contributed by atoms with van der Waals surface area (Å²) in [5.74, 6) is 0.917. The molecule has 12 heavy (non-hydrogen) atoms. The number of nitrogen functional groups attached to an aromatic ring is 1. The van der Waals surface area contributed by atoms with Crippen molar-refractivity contribution in [2.75, 3.05) is 12.8 Å². The Bertz CT molecular complexity index is 271. The van der Waals surface area contributed by atoms with Crippen LogP contribution in [-0.2, 0) is 0 Å². The highest BCUT2D eigenvalue weighted by Crippen LogP contribution is 2.21. The topological polar surface area (TPSA) is 48.1 Å². The van der Waals surface area contributed by atoms with Gasteiger partial charge in [-0.05, 0) is 18.1 Å². The Morgan fingerprint density at radius 2 is 2.08 bits per heavy atom. The SMILES string of the molecule is COc1nc(C(C)C)ccc1N. The van der Waals surface area contributed by atoms with E-state index in [1.165, 1.54) is 0 Å². The van der Waals surface area contributed by atoms with E-state index in [2.05, 4.69) is 18.8 Å².